The molecular weight excluding hydrogens is 310 g/mol. The maximum absolute atomic E-state index is 12.3. The van der Waals surface area contributed by atoms with Crippen LogP contribution in [0.1, 0.15) is 16.7 Å². The van der Waals surface area contributed by atoms with Gasteiger partial charge in [-0.25, -0.2) is 0 Å². The molecule has 0 atom stereocenters. The van der Waals surface area contributed by atoms with E-state index in [-0.39, 0.29) is 5.91 Å². The summed E-state index contributed by atoms with van der Waals surface area (Å²) in [4.78, 5) is 17.0. The van der Waals surface area contributed by atoms with Gasteiger partial charge in [-0.3, -0.25) is 14.6 Å². The van der Waals surface area contributed by atoms with Gasteiger partial charge in [0, 0.05) is 38.4 Å². The van der Waals surface area contributed by atoms with Crippen LogP contribution in [0.4, 0.5) is 5.69 Å². The zero-order chi connectivity index (χ0) is 17.6. The van der Waals surface area contributed by atoms with Crippen LogP contribution in [0.2, 0.25) is 0 Å². The Morgan fingerprint density at radius 2 is 1.52 bits per heavy atom. The highest BCUT2D eigenvalue weighted by atomic mass is 16.2. The lowest BCUT2D eigenvalue weighted by Crippen LogP contribution is -2.48. The number of carbonyl (C=O) groups is 1. The van der Waals surface area contributed by atoms with Crippen LogP contribution < -0.4 is 5.32 Å². The molecule has 1 fully saturated rings. The number of nitrogens with zero attached hydrogens (tertiary/aromatic N) is 2. The third kappa shape index (κ3) is 5.41. The Morgan fingerprint density at radius 1 is 0.920 bits per heavy atom. The van der Waals surface area contributed by atoms with E-state index in [1.54, 1.807) is 0 Å². The summed E-state index contributed by atoms with van der Waals surface area (Å²) in [6, 6.07) is 16.7. The van der Waals surface area contributed by atoms with E-state index < -0.39 is 0 Å². The first kappa shape index (κ1) is 17.6. The molecule has 4 heteroatoms. The van der Waals surface area contributed by atoms with Gasteiger partial charge in [-0.2, -0.15) is 0 Å². The molecule has 0 aliphatic carbocycles. The van der Waals surface area contributed by atoms with Crippen LogP contribution in [0.25, 0.3) is 0 Å². The van der Waals surface area contributed by atoms with Crippen molar-refractivity contribution in [3.8, 4) is 0 Å². The van der Waals surface area contributed by atoms with Crippen LogP contribution in [-0.4, -0.2) is 48.4 Å². The maximum Gasteiger partial charge on any atom is 0.238 e. The van der Waals surface area contributed by atoms with Gasteiger partial charge in [0.15, 0.2) is 0 Å². The van der Waals surface area contributed by atoms with E-state index in [0.717, 1.165) is 38.4 Å². The monoisotopic (exact) mass is 337 g/mol. The van der Waals surface area contributed by atoms with E-state index in [0.29, 0.717) is 6.54 Å². The number of benzene rings is 2. The number of aryl methyl sites for hydroxylation is 2. The lowest BCUT2D eigenvalue weighted by molar-refractivity contribution is -0.117. The number of hydrogen-bond donors (Lipinski definition) is 1. The molecule has 0 spiro atoms. The molecule has 0 radical (unpaired) electrons. The molecule has 25 heavy (non-hydrogen) atoms. The summed E-state index contributed by atoms with van der Waals surface area (Å²) >= 11 is 0. The average Bonchev–Trinajstić information content (AvgIpc) is 2.56. The largest absolute Gasteiger partial charge is 0.325 e. The van der Waals surface area contributed by atoms with Gasteiger partial charge in [-0.15, -0.1) is 0 Å². The highest BCUT2D eigenvalue weighted by Gasteiger charge is 2.19. The molecule has 132 valence electrons. The molecule has 1 N–H and O–H groups in total. The minimum absolute atomic E-state index is 0.0708. The second-order valence-corrected chi connectivity index (χ2v) is 6.96. The number of rotatable bonds is 5. The number of amides is 1. The smallest absolute Gasteiger partial charge is 0.238 e. The molecule has 1 heterocycles. The Labute approximate surface area is 150 Å². The molecule has 4 nitrogen and oxygen atoms in total. The minimum Gasteiger partial charge on any atom is -0.325 e. The van der Waals surface area contributed by atoms with Crippen molar-refractivity contribution in [1.82, 2.24) is 9.80 Å². The topological polar surface area (TPSA) is 35.6 Å². The fraction of sp³-hybridized carbons (Fsp3) is 0.381. The molecule has 1 saturated heterocycles. The SMILES string of the molecule is Cc1cc(C)cc(NC(=O)CN2CCN(Cc3ccccc3)CC2)c1. The van der Waals surface area contributed by atoms with Crippen molar-refractivity contribution >= 4 is 11.6 Å². The molecule has 0 saturated carbocycles. The van der Waals surface area contributed by atoms with Gasteiger partial charge in [0.25, 0.3) is 0 Å². The van der Waals surface area contributed by atoms with Crippen LogP contribution in [0.3, 0.4) is 0 Å². The summed E-state index contributed by atoms with van der Waals surface area (Å²) in [7, 11) is 0. The molecule has 0 bridgehead atoms. The van der Waals surface area contributed by atoms with Gasteiger partial charge >= 0.3 is 0 Å². The van der Waals surface area contributed by atoms with Crippen molar-refractivity contribution in [2.24, 2.45) is 0 Å². The molecule has 1 amide bonds. The number of anilines is 1. The maximum atomic E-state index is 12.3. The summed E-state index contributed by atoms with van der Waals surface area (Å²) in [5.41, 5.74) is 4.59. The number of hydrogen-bond acceptors (Lipinski definition) is 3. The van der Waals surface area contributed by atoms with Crippen LogP contribution in [0, 0.1) is 13.8 Å². The predicted octanol–water partition coefficient (Wildman–Crippen LogP) is 3.06. The van der Waals surface area contributed by atoms with E-state index in [1.165, 1.54) is 16.7 Å². The molecule has 3 rings (SSSR count). The van der Waals surface area contributed by atoms with E-state index in [9.17, 15) is 4.79 Å². The standard InChI is InChI=1S/C21H27N3O/c1-17-12-18(2)14-20(13-17)22-21(25)16-24-10-8-23(9-11-24)15-19-6-4-3-5-7-19/h3-7,12-14H,8-11,15-16H2,1-2H3,(H,22,25). The molecular formula is C21H27N3O. The van der Waals surface area contributed by atoms with Crippen molar-refractivity contribution in [1.29, 1.82) is 0 Å². The van der Waals surface area contributed by atoms with Crippen LogP contribution in [0.5, 0.6) is 0 Å². The van der Waals surface area contributed by atoms with Gasteiger partial charge in [0.05, 0.1) is 6.54 Å². The van der Waals surface area contributed by atoms with Gasteiger partial charge < -0.3 is 5.32 Å². The normalized spacial score (nSPS) is 15.9. The lowest BCUT2D eigenvalue weighted by Gasteiger charge is -2.34. The van der Waals surface area contributed by atoms with Crippen LogP contribution in [-0.2, 0) is 11.3 Å². The van der Waals surface area contributed by atoms with E-state index in [2.05, 4.69) is 65.4 Å². The summed E-state index contributed by atoms with van der Waals surface area (Å²) in [6.45, 7) is 9.44. The first-order chi connectivity index (χ1) is 12.1. The predicted molar refractivity (Wildman–Crippen MR) is 103 cm³/mol. The highest BCUT2D eigenvalue weighted by Crippen LogP contribution is 2.14. The van der Waals surface area contributed by atoms with Gasteiger partial charge in [0.2, 0.25) is 5.91 Å². The zero-order valence-electron chi connectivity index (χ0n) is 15.2. The zero-order valence-corrected chi connectivity index (χ0v) is 15.2. The van der Waals surface area contributed by atoms with Crippen LogP contribution >= 0.6 is 0 Å². The molecule has 0 aromatic heterocycles. The fourth-order valence-corrected chi connectivity index (χ4v) is 3.40. The molecule has 0 unspecified atom stereocenters. The van der Waals surface area contributed by atoms with Gasteiger partial charge in [-0.05, 0) is 42.7 Å². The van der Waals surface area contributed by atoms with E-state index >= 15 is 0 Å². The Hall–Kier alpha value is -2.17. The number of piperazine rings is 1. The number of nitrogens with one attached hydrogen (secondary N) is 1. The summed E-state index contributed by atoms with van der Waals surface area (Å²) in [6.07, 6.45) is 0. The quantitative estimate of drug-likeness (QED) is 0.911. The molecule has 2 aromatic rings. The highest BCUT2D eigenvalue weighted by molar-refractivity contribution is 5.92. The van der Waals surface area contributed by atoms with Crippen molar-refractivity contribution in [3.63, 3.8) is 0 Å². The Bertz CT molecular complexity index is 686. The van der Waals surface area contributed by atoms with E-state index in [1.807, 2.05) is 12.1 Å². The second kappa shape index (κ2) is 8.28. The Kier molecular flexibility index (Phi) is 5.84. The van der Waals surface area contributed by atoms with Crippen molar-refractivity contribution in [3.05, 3.63) is 65.2 Å². The Morgan fingerprint density at radius 3 is 2.16 bits per heavy atom. The third-order valence-corrected chi connectivity index (χ3v) is 4.59. The number of carbonyl (C=O) groups excluding carboxylic acids is 1. The fourth-order valence-electron chi connectivity index (χ4n) is 3.40. The molecule has 2 aromatic carbocycles. The van der Waals surface area contributed by atoms with Gasteiger partial charge in [-0.1, -0.05) is 36.4 Å². The minimum atomic E-state index is 0.0708. The summed E-state index contributed by atoms with van der Waals surface area (Å²) < 4.78 is 0. The van der Waals surface area contributed by atoms with Crippen molar-refractivity contribution in [2.75, 3.05) is 38.0 Å². The summed E-state index contributed by atoms with van der Waals surface area (Å²) in [5.74, 6) is 0.0708. The molecule has 1 aliphatic rings. The average molecular weight is 337 g/mol. The van der Waals surface area contributed by atoms with Crippen LogP contribution in [0.15, 0.2) is 48.5 Å². The first-order valence-electron chi connectivity index (χ1n) is 8.95. The first-order valence-corrected chi connectivity index (χ1v) is 8.95. The molecule has 1 aliphatic heterocycles. The van der Waals surface area contributed by atoms with Crippen molar-refractivity contribution < 1.29 is 4.79 Å². The summed E-state index contributed by atoms with van der Waals surface area (Å²) in [5, 5.41) is 3.03. The second-order valence-electron chi connectivity index (χ2n) is 6.96. The van der Waals surface area contributed by atoms with Gasteiger partial charge in [0.1, 0.15) is 0 Å². The third-order valence-electron chi connectivity index (χ3n) is 4.59. The van der Waals surface area contributed by atoms with E-state index in [4.69, 9.17) is 0 Å². The lowest BCUT2D eigenvalue weighted by atomic mass is 10.1. The van der Waals surface area contributed by atoms with Crippen molar-refractivity contribution in [2.45, 2.75) is 20.4 Å². The Balaban J connectivity index is 1.44.